The van der Waals surface area contributed by atoms with Crippen molar-refractivity contribution in [1.29, 1.82) is 0 Å². The lowest BCUT2D eigenvalue weighted by atomic mass is 10.1. The maximum atomic E-state index is 11.4. The topological polar surface area (TPSA) is 75.2 Å². The van der Waals surface area contributed by atoms with E-state index in [2.05, 4.69) is 10.2 Å². The van der Waals surface area contributed by atoms with E-state index in [0.29, 0.717) is 22.2 Å². The van der Waals surface area contributed by atoms with Gasteiger partial charge in [0.05, 0.1) is 18.2 Å². The Morgan fingerprint density at radius 3 is 2.80 bits per heavy atom. The van der Waals surface area contributed by atoms with E-state index in [4.69, 9.17) is 4.74 Å². The van der Waals surface area contributed by atoms with Gasteiger partial charge >= 0.3 is 0 Å². The molecule has 5 nitrogen and oxygen atoms in total. The highest BCUT2D eigenvalue weighted by molar-refractivity contribution is 5.86. The van der Waals surface area contributed by atoms with Crippen molar-refractivity contribution in [3.63, 3.8) is 0 Å². The number of aromatic hydroxyl groups is 1. The number of phenolic OH excluding ortho intramolecular Hbond substituents is 1. The molecule has 0 radical (unpaired) electrons. The van der Waals surface area contributed by atoms with Crippen LogP contribution in [0.2, 0.25) is 0 Å². The number of fused-ring (bicyclic) bond motifs is 1. The molecule has 0 amide bonds. The van der Waals surface area contributed by atoms with Crippen LogP contribution in [-0.2, 0) is 0 Å². The Morgan fingerprint density at radius 2 is 2.13 bits per heavy atom. The van der Waals surface area contributed by atoms with Gasteiger partial charge in [-0.3, -0.25) is 4.79 Å². The molecule has 2 rings (SSSR count). The van der Waals surface area contributed by atoms with E-state index in [1.165, 1.54) is 13.2 Å². The number of benzene rings is 1. The Morgan fingerprint density at radius 1 is 1.40 bits per heavy atom. The van der Waals surface area contributed by atoms with Crippen molar-refractivity contribution in [1.82, 2.24) is 10.2 Å². The number of rotatable bonds is 1. The molecule has 0 aliphatic carbocycles. The van der Waals surface area contributed by atoms with E-state index in [0.717, 1.165) is 0 Å². The minimum atomic E-state index is -0.325. The number of aromatic amines is 1. The van der Waals surface area contributed by atoms with E-state index < -0.39 is 0 Å². The van der Waals surface area contributed by atoms with Crippen LogP contribution in [0.3, 0.4) is 0 Å². The summed E-state index contributed by atoms with van der Waals surface area (Å²) in [5.74, 6) is 0.277. The number of aryl methyl sites for hydroxylation is 1. The molecular weight excluding hydrogens is 196 g/mol. The number of nitrogens with one attached hydrogen (secondary N) is 1. The highest BCUT2D eigenvalue weighted by atomic mass is 16.5. The van der Waals surface area contributed by atoms with Gasteiger partial charge < -0.3 is 9.84 Å². The Balaban J connectivity index is 2.92. The molecule has 1 heterocycles. The SMILES string of the molecule is COc1cc2c(C)n[nH]c(=O)c2cc1O. The summed E-state index contributed by atoms with van der Waals surface area (Å²) in [4.78, 5) is 11.4. The Bertz CT molecular complexity index is 575. The number of methoxy groups -OCH3 is 1. The summed E-state index contributed by atoms with van der Waals surface area (Å²) in [6.07, 6.45) is 0. The number of nitrogens with zero attached hydrogens (tertiary/aromatic N) is 1. The molecule has 0 aliphatic heterocycles. The van der Waals surface area contributed by atoms with Crippen molar-refractivity contribution in [3.8, 4) is 11.5 Å². The van der Waals surface area contributed by atoms with Crippen molar-refractivity contribution in [3.05, 3.63) is 28.2 Å². The zero-order chi connectivity index (χ0) is 11.0. The molecule has 0 aliphatic rings. The number of H-pyrrole nitrogens is 1. The molecule has 0 spiro atoms. The van der Waals surface area contributed by atoms with Crippen LogP contribution in [0, 0.1) is 6.92 Å². The monoisotopic (exact) mass is 206 g/mol. The Hall–Kier alpha value is -2.04. The van der Waals surface area contributed by atoms with Gasteiger partial charge in [0, 0.05) is 5.39 Å². The predicted octanol–water partition coefficient (Wildman–Crippen LogP) is 0.946. The lowest BCUT2D eigenvalue weighted by Gasteiger charge is -2.05. The third kappa shape index (κ3) is 1.41. The first-order valence-electron chi connectivity index (χ1n) is 4.39. The standard InChI is InChI=1S/C10H10N2O3/c1-5-6-4-9(15-2)8(13)3-7(6)10(14)12-11-5/h3-4,13H,1-2H3,(H,12,14). The molecule has 5 heteroatoms. The third-order valence-electron chi connectivity index (χ3n) is 2.28. The van der Waals surface area contributed by atoms with Crippen molar-refractivity contribution in [2.75, 3.05) is 7.11 Å². The molecule has 0 bridgehead atoms. The molecule has 1 aromatic heterocycles. The van der Waals surface area contributed by atoms with Crippen molar-refractivity contribution < 1.29 is 9.84 Å². The summed E-state index contributed by atoms with van der Waals surface area (Å²) in [7, 11) is 1.46. The van der Waals surface area contributed by atoms with Crippen LogP contribution in [-0.4, -0.2) is 22.4 Å². The minimum absolute atomic E-state index is 0.0545. The van der Waals surface area contributed by atoms with E-state index in [1.807, 2.05) is 0 Å². The van der Waals surface area contributed by atoms with Gasteiger partial charge in [0.15, 0.2) is 11.5 Å². The van der Waals surface area contributed by atoms with Crippen LogP contribution >= 0.6 is 0 Å². The van der Waals surface area contributed by atoms with Crippen LogP contribution in [0.15, 0.2) is 16.9 Å². The Kier molecular flexibility index (Phi) is 2.07. The molecule has 1 aromatic carbocycles. The summed E-state index contributed by atoms with van der Waals surface area (Å²) in [5.41, 5.74) is 0.358. The van der Waals surface area contributed by atoms with E-state index in [1.54, 1.807) is 13.0 Å². The van der Waals surface area contributed by atoms with E-state index in [9.17, 15) is 9.90 Å². The van der Waals surface area contributed by atoms with Gasteiger partial charge in [-0.2, -0.15) is 5.10 Å². The van der Waals surface area contributed by atoms with E-state index in [-0.39, 0.29) is 11.3 Å². The number of ether oxygens (including phenoxy) is 1. The molecule has 15 heavy (non-hydrogen) atoms. The summed E-state index contributed by atoms with van der Waals surface area (Å²) >= 11 is 0. The van der Waals surface area contributed by atoms with Gasteiger partial charge in [0.2, 0.25) is 0 Å². The van der Waals surface area contributed by atoms with Crippen LogP contribution in [0.4, 0.5) is 0 Å². The first-order valence-corrected chi connectivity index (χ1v) is 4.39. The van der Waals surface area contributed by atoms with Gasteiger partial charge in [0.1, 0.15) is 0 Å². The van der Waals surface area contributed by atoms with Crippen molar-refractivity contribution in [2.24, 2.45) is 0 Å². The lowest BCUT2D eigenvalue weighted by molar-refractivity contribution is 0.374. The fourth-order valence-corrected chi connectivity index (χ4v) is 1.47. The lowest BCUT2D eigenvalue weighted by Crippen LogP contribution is -2.09. The van der Waals surface area contributed by atoms with Crippen molar-refractivity contribution >= 4 is 10.8 Å². The van der Waals surface area contributed by atoms with Crippen LogP contribution < -0.4 is 10.3 Å². The zero-order valence-corrected chi connectivity index (χ0v) is 8.37. The second-order valence-corrected chi connectivity index (χ2v) is 3.21. The molecule has 0 saturated carbocycles. The summed E-state index contributed by atoms with van der Waals surface area (Å²) in [6, 6.07) is 2.98. The van der Waals surface area contributed by atoms with Crippen LogP contribution in [0.1, 0.15) is 5.69 Å². The molecular formula is C10H10N2O3. The van der Waals surface area contributed by atoms with Gasteiger partial charge in [0.25, 0.3) is 5.56 Å². The average molecular weight is 206 g/mol. The maximum absolute atomic E-state index is 11.4. The fourth-order valence-electron chi connectivity index (χ4n) is 1.47. The quantitative estimate of drug-likeness (QED) is 0.728. The van der Waals surface area contributed by atoms with Crippen molar-refractivity contribution in [2.45, 2.75) is 6.92 Å². The van der Waals surface area contributed by atoms with Gasteiger partial charge in [-0.15, -0.1) is 0 Å². The molecule has 78 valence electrons. The van der Waals surface area contributed by atoms with Gasteiger partial charge in [-0.05, 0) is 19.1 Å². The minimum Gasteiger partial charge on any atom is -0.504 e. The maximum Gasteiger partial charge on any atom is 0.272 e. The largest absolute Gasteiger partial charge is 0.504 e. The zero-order valence-electron chi connectivity index (χ0n) is 8.37. The average Bonchev–Trinajstić information content (AvgIpc) is 2.23. The number of phenols is 1. The summed E-state index contributed by atoms with van der Waals surface area (Å²) in [6.45, 7) is 1.77. The predicted molar refractivity (Wildman–Crippen MR) is 55.3 cm³/mol. The summed E-state index contributed by atoms with van der Waals surface area (Å²) in [5, 5.41) is 16.8. The molecule has 0 saturated heterocycles. The molecule has 2 N–H and O–H groups in total. The Labute approximate surface area is 85.3 Å². The third-order valence-corrected chi connectivity index (χ3v) is 2.28. The normalized spacial score (nSPS) is 10.5. The van der Waals surface area contributed by atoms with Crippen LogP contribution in [0.5, 0.6) is 11.5 Å². The number of hydrogen-bond donors (Lipinski definition) is 2. The first kappa shape index (κ1) is 9.51. The van der Waals surface area contributed by atoms with E-state index >= 15 is 0 Å². The van der Waals surface area contributed by atoms with Gasteiger partial charge in [-0.25, -0.2) is 5.10 Å². The second kappa shape index (κ2) is 3.27. The highest BCUT2D eigenvalue weighted by Gasteiger charge is 2.08. The highest BCUT2D eigenvalue weighted by Crippen LogP contribution is 2.30. The number of aromatic nitrogens is 2. The first-order chi connectivity index (χ1) is 7.13. The molecule has 2 aromatic rings. The van der Waals surface area contributed by atoms with Gasteiger partial charge in [-0.1, -0.05) is 0 Å². The smallest absolute Gasteiger partial charge is 0.272 e. The second-order valence-electron chi connectivity index (χ2n) is 3.21. The van der Waals surface area contributed by atoms with Crippen LogP contribution in [0.25, 0.3) is 10.8 Å². The number of hydrogen-bond acceptors (Lipinski definition) is 4. The molecule has 0 unspecified atom stereocenters. The molecule has 0 fully saturated rings. The molecule has 0 atom stereocenters. The fraction of sp³-hybridized carbons (Fsp3) is 0.200. The summed E-state index contributed by atoms with van der Waals surface area (Å²) < 4.78 is 4.96.